The summed E-state index contributed by atoms with van der Waals surface area (Å²) in [5, 5.41) is 5.06. The monoisotopic (exact) mass is 397 g/mol. The molecule has 0 fully saturated rings. The molecule has 0 aliphatic carbocycles. The third-order valence-electron chi connectivity index (χ3n) is 6.20. The Bertz CT molecular complexity index is 1220. The number of aliphatic imine (C=N–C) groups is 1. The maximum absolute atomic E-state index is 13.2. The quantitative estimate of drug-likeness (QED) is 0.654. The minimum atomic E-state index is -0.116. The van der Waals surface area contributed by atoms with E-state index in [1.165, 1.54) is 0 Å². The van der Waals surface area contributed by atoms with E-state index in [0.29, 0.717) is 35.0 Å². The van der Waals surface area contributed by atoms with E-state index in [0.717, 1.165) is 35.0 Å². The van der Waals surface area contributed by atoms with Gasteiger partial charge in [0, 0.05) is 23.1 Å². The van der Waals surface area contributed by atoms with Crippen molar-refractivity contribution in [2.24, 2.45) is 10.9 Å². The second-order valence-electron chi connectivity index (χ2n) is 7.88. The fourth-order valence-corrected chi connectivity index (χ4v) is 4.34. The van der Waals surface area contributed by atoms with Crippen LogP contribution >= 0.6 is 0 Å². The first-order valence-electron chi connectivity index (χ1n) is 10.5. The van der Waals surface area contributed by atoms with Crippen LogP contribution in [0.3, 0.4) is 0 Å². The molecule has 2 heterocycles. The Kier molecular flexibility index (Phi) is 4.39. The van der Waals surface area contributed by atoms with Crippen molar-refractivity contribution in [2.45, 2.75) is 26.7 Å². The molecule has 2 amide bonds. The molecule has 5 nitrogen and oxygen atoms in total. The summed E-state index contributed by atoms with van der Waals surface area (Å²) < 4.78 is 0. The van der Waals surface area contributed by atoms with Crippen LogP contribution in [0.1, 0.15) is 53.0 Å². The van der Waals surface area contributed by atoms with Gasteiger partial charge in [0.25, 0.3) is 11.8 Å². The minimum Gasteiger partial charge on any atom is -0.352 e. The lowest BCUT2D eigenvalue weighted by molar-refractivity contribution is 0.0944. The highest BCUT2D eigenvalue weighted by Crippen LogP contribution is 2.43. The summed E-state index contributed by atoms with van der Waals surface area (Å²) in [6, 6.07) is 17.2. The summed E-state index contributed by atoms with van der Waals surface area (Å²) in [6.45, 7) is 4.93. The standard InChI is InChI=1S/C25H23N3O2/c1-3-15(4-2)14-26-24(29)17-11-12-18-19(13-17)23-27-20-9-5-7-16-8-6-10-21(22(16)20)28(23)25(18)30/h5-13,15H,3-4,14H2,1-2H3,(H,26,29). The number of fused-ring (bicyclic) bond motifs is 4. The second-order valence-corrected chi connectivity index (χ2v) is 7.88. The van der Waals surface area contributed by atoms with E-state index in [1.807, 2.05) is 36.4 Å². The lowest BCUT2D eigenvalue weighted by Gasteiger charge is -2.24. The Morgan fingerprint density at radius 3 is 2.57 bits per heavy atom. The van der Waals surface area contributed by atoms with Gasteiger partial charge in [0.05, 0.1) is 16.9 Å². The van der Waals surface area contributed by atoms with E-state index in [1.54, 1.807) is 23.1 Å². The number of carbonyl (C=O) groups is 2. The molecule has 0 atom stereocenters. The van der Waals surface area contributed by atoms with Crippen molar-refractivity contribution in [3.8, 4) is 0 Å². The van der Waals surface area contributed by atoms with Gasteiger partial charge in [0.1, 0.15) is 5.84 Å². The molecule has 0 unspecified atom stereocenters. The Morgan fingerprint density at radius 2 is 1.80 bits per heavy atom. The van der Waals surface area contributed by atoms with Gasteiger partial charge in [-0.3, -0.25) is 14.5 Å². The third-order valence-corrected chi connectivity index (χ3v) is 6.20. The molecule has 30 heavy (non-hydrogen) atoms. The molecule has 0 radical (unpaired) electrons. The number of hydrogen-bond donors (Lipinski definition) is 1. The molecule has 5 rings (SSSR count). The van der Waals surface area contributed by atoms with Crippen LogP contribution in [0.25, 0.3) is 10.8 Å². The Morgan fingerprint density at radius 1 is 1.03 bits per heavy atom. The summed E-state index contributed by atoms with van der Waals surface area (Å²) >= 11 is 0. The molecule has 2 aliphatic heterocycles. The van der Waals surface area contributed by atoms with Crippen molar-refractivity contribution in [1.82, 2.24) is 5.32 Å². The average molecular weight is 397 g/mol. The van der Waals surface area contributed by atoms with Gasteiger partial charge in [-0.05, 0) is 41.6 Å². The van der Waals surface area contributed by atoms with Crippen LogP contribution in [-0.4, -0.2) is 24.2 Å². The molecule has 2 aliphatic rings. The first-order valence-corrected chi connectivity index (χ1v) is 10.5. The first kappa shape index (κ1) is 18.6. The minimum absolute atomic E-state index is 0.102. The summed E-state index contributed by atoms with van der Waals surface area (Å²) in [4.78, 5) is 32.4. The van der Waals surface area contributed by atoms with E-state index in [9.17, 15) is 9.59 Å². The molecule has 0 spiro atoms. The fourth-order valence-electron chi connectivity index (χ4n) is 4.34. The van der Waals surface area contributed by atoms with Crippen LogP contribution in [0.4, 0.5) is 11.4 Å². The molecule has 3 aromatic rings. The van der Waals surface area contributed by atoms with Crippen molar-refractivity contribution >= 4 is 39.8 Å². The molecule has 0 saturated heterocycles. The summed E-state index contributed by atoms with van der Waals surface area (Å²) in [6.07, 6.45) is 2.07. The fraction of sp³-hybridized carbons (Fsp3) is 0.240. The van der Waals surface area contributed by atoms with Gasteiger partial charge < -0.3 is 5.32 Å². The van der Waals surface area contributed by atoms with Gasteiger partial charge in [-0.25, -0.2) is 4.99 Å². The number of rotatable bonds is 5. The van der Waals surface area contributed by atoms with Crippen molar-refractivity contribution < 1.29 is 9.59 Å². The number of nitrogens with zero attached hydrogens (tertiary/aromatic N) is 2. The molecule has 0 saturated carbocycles. The van der Waals surface area contributed by atoms with Gasteiger partial charge in [0.15, 0.2) is 0 Å². The smallest absolute Gasteiger partial charge is 0.264 e. The normalized spacial score (nSPS) is 14.0. The van der Waals surface area contributed by atoms with Gasteiger partial charge >= 0.3 is 0 Å². The highest BCUT2D eigenvalue weighted by molar-refractivity contribution is 6.40. The lowest BCUT2D eigenvalue weighted by Crippen LogP contribution is -2.31. The number of amidine groups is 1. The van der Waals surface area contributed by atoms with Crippen molar-refractivity contribution in [3.05, 3.63) is 71.3 Å². The van der Waals surface area contributed by atoms with Crippen LogP contribution in [0.2, 0.25) is 0 Å². The molecule has 1 N–H and O–H groups in total. The molecule has 0 aromatic heterocycles. The first-order chi connectivity index (χ1) is 14.6. The molecular weight excluding hydrogens is 374 g/mol. The average Bonchev–Trinajstić information content (AvgIpc) is 3.06. The Hall–Kier alpha value is -3.47. The largest absolute Gasteiger partial charge is 0.352 e. The van der Waals surface area contributed by atoms with Crippen LogP contribution in [0.15, 0.2) is 59.6 Å². The Balaban J connectivity index is 1.55. The maximum atomic E-state index is 13.2. The third kappa shape index (κ3) is 2.73. The summed E-state index contributed by atoms with van der Waals surface area (Å²) in [7, 11) is 0. The maximum Gasteiger partial charge on any atom is 0.264 e. The number of carbonyl (C=O) groups excluding carboxylic acids is 2. The van der Waals surface area contributed by atoms with E-state index in [4.69, 9.17) is 4.99 Å². The lowest BCUT2D eigenvalue weighted by atomic mass is 10.0. The predicted molar refractivity (Wildman–Crippen MR) is 120 cm³/mol. The van der Waals surface area contributed by atoms with Crippen LogP contribution in [0.5, 0.6) is 0 Å². The van der Waals surface area contributed by atoms with Crippen LogP contribution in [0, 0.1) is 5.92 Å². The number of nitrogens with one attached hydrogen (secondary N) is 1. The molecule has 3 aromatic carbocycles. The number of hydrogen-bond acceptors (Lipinski definition) is 3. The van der Waals surface area contributed by atoms with Crippen molar-refractivity contribution in [3.63, 3.8) is 0 Å². The van der Waals surface area contributed by atoms with E-state index < -0.39 is 0 Å². The summed E-state index contributed by atoms with van der Waals surface area (Å²) in [5.41, 5.74) is 3.53. The number of benzene rings is 3. The van der Waals surface area contributed by atoms with E-state index >= 15 is 0 Å². The van der Waals surface area contributed by atoms with Crippen molar-refractivity contribution in [2.75, 3.05) is 11.4 Å². The highest BCUT2D eigenvalue weighted by atomic mass is 16.2. The Labute approximate surface area is 175 Å². The summed E-state index contributed by atoms with van der Waals surface area (Å²) in [5.74, 6) is 0.847. The van der Waals surface area contributed by atoms with Crippen LogP contribution < -0.4 is 10.2 Å². The number of amides is 2. The van der Waals surface area contributed by atoms with Gasteiger partial charge in [0.2, 0.25) is 0 Å². The molecule has 150 valence electrons. The topological polar surface area (TPSA) is 61.8 Å². The van der Waals surface area contributed by atoms with Crippen LogP contribution in [-0.2, 0) is 0 Å². The van der Waals surface area contributed by atoms with E-state index in [-0.39, 0.29) is 11.8 Å². The predicted octanol–water partition coefficient (Wildman–Crippen LogP) is 5.06. The highest BCUT2D eigenvalue weighted by Gasteiger charge is 2.38. The van der Waals surface area contributed by atoms with Gasteiger partial charge in [-0.15, -0.1) is 0 Å². The van der Waals surface area contributed by atoms with Crippen molar-refractivity contribution in [1.29, 1.82) is 0 Å². The van der Waals surface area contributed by atoms with Gasteiger partial charge in [-0.1, -0.05) is 51.0 Å². The molecule has 0 bridgehead atoms. The SMILES string of the molecule is CCC(CC)CNC(=O)c1ccc2c(c1)C1=Nc3cccc4cccc(c34)N1C2=O. The zero-order chi connectivity index (χ0) is 20.8. The number of anilines is 1. The zero-order valence-corrected chi connectivity index (χ0v) is 17.1. The van der Waals surface area contributed by atoms with Gasteiger partial charge in [-0.2, -0.15) is 0 Å². The molecule has 5 heteroatoms. The molecular formula is C25H23N3O2. The second kappa shape index (κ2) is 7.10. The van der Waals surface area contributed by atoms with E-state index in [2.05, 4.69) is 19.2 Å². The zero-order valence-electron chi connectivity index (χ0n) is 17.1.